The van der Waals surface area contributed by atoms with Gasteiger partial charge in [0.2, 0.25) is 5.91 Å². The molecule has 1 aliphatic heterocycles. The van der Waals surface area contributed by atoms with Crippen molar-refractivity contribution in [1.82, 2.24) is 15.1 Å². The number of likely N-dealkylation sites (N-methyl/N-ethyl adjacent to an activating group) is 1. The summed E-state index contributed by atoms with van der Waals surface area (Å²) in [7, 11) is 1.09. The molecule has 0 aromatic heterocycles. The highest BCUT2D eigenvalue weighted by Gasteiger charge is 2.43. The molecule has 0 unspecified atom stereocenters. The summed E-state index contributed by atoms with van der Waals surface area (Å²) in [6.45, 7) is -0.807. The van der Waals surface area contributed by atoms with E-state index in [0.29, 0.717) is 9.80 Å². The average Bonchev–Trinajstić information content (AvgIpc) is 2.67. The lowest BCUT2D eigenvalue weighted by Crippen LogP contribution is -2.44. The number of hydrogen-bond donors (Lipinski definition) is 2. The SMILES string of the molecule is CN1C(=O)C(=O)N(CC(=O)NC(=O)Nc2ccccc2F)C1=O. The molecule has 1 fully saturated rings. The van der Waals surface area contributed by atoms with Crippen LogP contribution in [0.2, 0.25) is 0 Å². The summed E-state index contributed by atoms with van der Waals surface area (Å²) in [5.74, 6) is -3.95. The zero-order valence-electron chi connectivity index (χ0n) is 11.8. The third-order valence-corrected chi connectivity index (χ3v) is 2.93. The lowest BCUT2D eigenvalue weighted by molar-refractivity contribution is -0.143. The molecule has 0 atom stereocenters. The fourth-order valence-electron chi connectivity index (χ4n) is 1.78. The highest BCUT2D eigenvalue weighted by molar-refractivity contribution is 6.44. The molecule has 0 bridgehead atoms. The molecule has 10 heteroatoms. The lowest BCUT2D eigenvalue weighted by atomic mass is 10.3. The number of amides is 7. The largest absolute Gasteiger partial charge is 0.334 e. The van der Waals surface area contributed by atoms with Gasteiger partial charge in [0.05, 0.1) is 5.69 Å². The maximum Gasteiger partial charge on any atom is 0.334 e. The smallest absolute Gasteiger partial charge is 0.305 e. The van der Waals surface area contributed by atoms with E-state index in [1.807, 2.05) is 5.32 Å². The number of rotatable bonds is 3. The molecular formula is C13H11FN4O5. The van der Waals surface area contributed by atoms with Crippen molar-refractivity contribution in [2.24, 2.45) is 0 Å². The molecule has 0 radical (unpaired) electrons. The Bertz CT molecular complexity index is 720. The highest BCUT2D eigenvalue weighted by Crippen LogP contribution is 2.12. The molecule has 120 valence electrons. The lowest BCUT2D eigenvalue weighted by Gasteiger charge is -2.12. The van der Waals surface area contributed by atoms with Crippen LogP contribution in [0.3, 0.4) is 0 Å². The van der Waals surface area contributed by atoms with Gasteiger partial charge in [-0.1, -0.05) is 12.1 Å². The number of halogens is 1. The Morgan fingerprint density at radius 3 is 2.35 bits per heavy atom. The molecule has 2 rings (SSSR count). The monoisotopic (exact) mass is 322 g/mol. The summed E-state index contributed by atoms with van der Waals surface area (Å²) >= 11 is 0. The van der Waals surface area contributed by atoms with Gasteiger partial charge in [-0.2, -0.15) is 0 Å². The molecule has 2 N–H and O–H groups in total. The van der Waals surface area contributed by atoms with Gasteiger partial charge in [-0.15, -0.1) is 0 Å². The maximum absolute atomic E-state index is 13.3. The first-order valence-corrected chi connectivity index (χ1v) is 6.30. The summed E-state index contributed by atoms with van der Waals surface area (Å²) in [5, 5.41) is 3.92. The van der Waals surface area contributed by atoms with Gasteiger partial charge in [0, 0.05) is 7.05 Å². The van der Waals surface area contributed by atoms with Gasteiger partial charge in [0.25, 0.3) is 0 Å². The zero-order chi connectivity index (χ0) is 17.1. The van der Waals surface area contributed by atoms with Crippen LogP contribution in [-0.4, -0.2) is 53.2 Å². The van der Waals surface area contributed by atoms with Crippen molar-refractivity contribution in [2.75, 3.05) is 18.9 Å². The minimum Gasteiger partial charge on any atom is -0.305 e. The topological polar surface area (TPSA) is 116 Å². The number of hydrogen-bond acceptors (Lipinski definition) is 5. The van der Waals surface area contributed by atoms with Crippen LogP contribution < -0.4 is 10.6 Å². The predicted octanol–water partition coefficient (Wildman–Crippen LogP) is -0.106. The van der Waals surface area contributed by atoms with Crippen LogP contribution in [0.15, 0.2) is 24.3 Å². The Balaban J connectivity index is 1.94. The Kier molecular flexibility index (Phi) is 4.35. The van der Waals surface area contributed by atoms with Gasteiger partial charge in [0.1, 0.15) is 12.4 Å². The van der Waals surface area contributed by atoms with Crippen molar-refractivity contribution in [3.05, 3.63) is 30.1 Å². The summed E-state index contributed by atoms with van der Waals surface area (Å²) in [6, 6.07) is 3.27. The second-order valence-electron chi connectivity index (χ2n) is 4.52. The van der Waals surface area contributed by atoms with Crippen LogP contribution >= 0.6 is 0 Å². The molecule has 1 aromatic carbocycles. The molecule has 1 heterocycles. The molecule has 23 heavy (non-hydrogen) atoms. The Labute approximate surface area is 129 Å². The average molecular weight is 322 g/mol. The second kappa shape index (κ2) is 6.22. The van der Waals surface area contributed by atoms with Gasteiger partial charge in [-0.25, -0.2) is 18.9 Å². The molecule has 0 spiro atoms. The molecule has 1 aromatic rings. The Morgan fingerprint density at radius 2 is 1.78 bits per heavy atom. The van der Waals surface area contributed by atoms with Crippen molar-refractivity contribution < 1.29 is 28.4 Å². The Hall–Kier alpha value is -3.30. The number of imide groups is 3. The predicted molar refractivity (Wildman–Crippen MR) is 73.4 cm³/mol. The van der Waals surface area contributed by atoms with Crippen molar-refractivity contribution in [2.45, 2.75) is 0 Å². The third-order valence-electron chi connectivity index (χ3n) is 2.93. The standard InChI is InChI=1S/C13H11FN4O5/c1-17-10(20)11(21)18(13(17)23)6-9(19)16-12(22)15-8-5-3-2-4-7(8)14/h2-5H,6H2,1H3,(H2,15,16,19,22). The van der Waals surface area contributed by atoms with Gasteiger partial charge >= 0.3 is 23.9 Å². The van der Waals surface area contributed by atoms with E-state index < -0.39 is 42.1 Å². The van der Waals surface area contributed by atoms with E-state index in [1.165, 1.54) is 18.2 Å². The fraction of sp³-hybridized carbons (Fsp3) is 0.154. The van der Waals surface area contributed by atoms with Gasteiger partial charge in [0.15, 0.2) is 0 Å². The summed E-state index contributed by atoms with van der Waals surface area (Å²) in [6.07, 6.45) is 0. The first-order valence-electron chi connectivity index (χ1n) is 6.30. The minimum absolute atomic E-state index is 0.152. The molecule has 1 saturated heterocycles. The number of anilines is 1. The van der Waals surface area contributed by atoms with E-state index >= 15 is 0 Å². The van der Waals surface area contributed by atoms with Crippen LogP contribution in [0.25, 0.3) is 0 Å². The zero-order valence-corrected chi connectivity index (χ0v) is 11.8. The fourth-order valence-corrected chi connectivity index (χ4v) is 1.78. The van der Waals surface area contributed by atoms with Crippen molar-refractivity contribution in [3.8, 4) is 0 Å². The number of carbonyl (C=O) groups excluding carboxylic acids is 5. The molecule has 0 saturated carbocycles. The number of urea groups is 2. The molecule has 9 nitrogen and oxygen atoms in total. The number of nitrogens with one attached hydrogen (secondary N) is 2. The van der Waals surface area contributed by atoms with Gasteiger partial charge in [-0.05, 0) is 12.1 Å². The van der Waals surface area contributed by atoms with E-state index in [4.69, 9.17) is 0 Å². The van der Waals surface area contributed by atoms with Crippen LogP contribution in [0.5, 0.6) is 0 Å². The number of para-hydroxylation sites is 1. The summed E-state index contributed by atoms with van der Waals surface area (Å²) < 4.78 is 13.3. The van der Waals surface area contributed by atoms with Crippen LogP contribution in [0.1, 0.15) is 0 Å². The van der Waals surface area contributed by atoms with E-state index in [0.717, 1.165) is 13.1 Å². The van der Waals surface area contributed by atoms with E-state index in [1.54, 1.807) is 0 Å². The number of nitrogens with zero attached hydrogens (tertiary/aromatic N) is 2. The number of benzene rings is 1. The molecule has 7 amide bonds. The van der Waals surface area contributed by atoms with Gasteiger partial charge in [-0.3, -0.25) is 24.6 Å². The van der Waals surface area contributed by atoms with Crippen molar-refractivity contribution >= 4 is 35.5 Å². The first-order chi connectivity index (χ1) is 10.8. The molecular weight excluding hydrogens is 311 g/mol. The van der Waals surface area contributed by atoms with Crippen LogP contribution in [0, 0.1) is 5.82 Å². The van der Waals surface area contributed by atoms with E-state index in [2.05, 4.69) is 5.32 Å². The van der Waals surface area contributed by atoms with Gasteiger partial charge < -0.3 is 5.32 Å². The number of carbonyl (C=O) groups is 5. The Morgan fingerprint density at radius 1 is 1.13 bits per heavy atom. The highest BCUT2D eigenvalue weighted by atomic mass is 19.1. The van der Waals surface area contributed by atoms with Crippen LogP contribution in [-0.2, 0) is 14.4 Å². The maximum atomic E-state index is 13.3. The van der Waals surface area contributed by atoms with Crippen molar-refractivity contribution in [3.63, 3.8) is 0 Å². The van der Waals surface area contributed by atoms with E-state index in [9.17, 15) is 28.4 Å². The van der Waals surface area contributed by atoms with E-state index in [-0.39, 0.29) is 5.69 Å². The summed E-state index contributed by atoms with van der Waals surface area (Å²) in [4.78, 5) is 58.5. The first kappa shape index (κ1) is 16.1. The molecule has 0 aliphatic carbocycles. The third kappa shape index (κ3) is 3.31. The van der Waals surface area contributed by atoms with Crippen LogP contribution in [0.4, 0.5) is 19.7 Å². The molecule has 1 aliphatic rings. The minimum atomic E-state index is -1.16. The quantitative estimate of drug-likeness (QED) is 0.595. The summed E-state index contributed by atoms with van der Waals surface area (Å²) in [5.41, 5.74) is -0.152. The second-order valence-corrected chi connectivity index (χ2v) is 4.52. The normalized spacial score (nSPS) is 14.3. The van der Waals surface area contributed by atoms with Crippen molar-refractivity contribution in [1.29, 1.82) is 0 Å².